The molecular weight excluding hydrogens is 242 g/mol. The molecular formula is C14H11N3O2. The van der Waals surface area contributed by atoms with E-state index in [1.807, 2.05) is 6.07 Å². The molecule has 4 N–H and O–H groups in total. The molecule has 0 aromatic heterocycles. The number of amides is 1. The summed E-state index contributed by atoms with van der Waals surface area (Å²) in [6.45, 7) is 0. The number of benzene rings is 2. The first-order valence-corrected chi connectivity index (χ1v) is 5.48. The summed E-state index contributed by atoms with van der Waals surface area (Å²) in [5.41, 5.74) is 12.0. The van der Waals surface area contributed by atoms with E-state index in [2.05, 4.69) is 0 Å². The Morgan fingerprint density at radius 1 is 1.16 bits per heavy atom. The summed E-state index contributed by atoms with van der Waals surface area (Å²) in [5, 5.41) is 8.87. The summed E-state index contributed by atoms with van der Waals surface area (Å²) in [6, 6.07) is 13.3. The third kappa shape index (κ3) is 2.64. The van der Waals surface area contributed by atoms with Gasteiger partial charge in [0.1, 0.15) is 11.8 Å². The van der Waals surface area contributed by atoms with Crippen LogP contribution in [0.4, 0.5) is 5.69 Å². The largest absolute Gasteiger partial charge is 0.455 e. The number of nitrogens with zero attached hydrogens (tertiary/aromatic N) is 1. The number of anilines is 1. The fourth-order valence-electron chi connectivity index (χ4n) is 1.54. The zero-order chi connectivity index (χ0) is 13.8. The van der Waals surface area contributed by atoms with E-state index in [1.54, 1.807) is 42.5 Å². The number of primary amides is 1. The minimum absolute atomic E-state index is 0.281. The number of nitriles is 1. The second-order valence-corrected chi connectivity index (χ2v) is 3.82. The zero-order valence-electron chi connectivity index (χ0n) is 9.96. The molecule has 5 heteroatoms. The summed E-state index contributed by atoms with van der Waals surface area (Å²) < 4.78 is 5.56. The van der Waals surface area contributed by atoms with Crippen LogP contribution < -0.4 is 16.2 Å². The van der Waals surface area contributed by atoms with Crippen molar-refractivity contribution in [2.24, 2.45) is 5.73 Å². The molecule has 2 aromatic carbocycles. The highest BCUT2D eigenvalue weighted by Gasteiger charge is 2.07. The van der Waals surface area contributed by atoms with Crippen LogP contribution in [0.3, 0.4) is 0 Å². The molecule has 5 nitrogen and oxygen atoms in total. The molecule has 0 atom stereocenters. The molecule has 0 saturated heterocycles. The molecule has 0 fully saturated rings. The van der Waals surface area contributed by atoms with E-state index in [0.29, 0.717) is 22.6 Å². The molecule has 0 aliphatic rings. The van der Waals surface area contributed by atoms with Gasteiger partial charge in [-0.25, -0.2) is 0 Å². The monoisotopic (exact) mass is 253 g/mol. The van der Waals surface area contributed by atoms with Crippen LogP contribution in [0.25, 0.3) is 0 Å². The van der Waals surface area contributed by atoms with Gasteiger partial charge in [0.05, 0.1) is 11.3 Å². The van der Waals surface area contributed by atoms with Crippen LogP contribution in [-0.4, -0.2) is 5.91 Å². The third-order valence-corrected chi connectivity index (χ3v) is 2.55. The van der Waals surface area contributed by atoms with Crippen molar-refractivity contribution < 1.29 is 9.53 Å². The number of carbonyl (C=O) groups is 1. The van der Waals surface area contributed by atoms with Crippen molar-refractivity contribution in [3.05, 3.63) is 53.6 Å². The lowest BCUT2D eigenvalue weighted by molar-refractivity contribution is 0.100. The van der Waals surface area contributed by atoms with Crippen molar-refractivity contribution in [1.82, 2.24) is 0 Å². The van der Waals surface area contributed by atoms with Crippen molar-refractivity contribution in [1.29, 1.82) is 5.26 Å². The van der Waals surface area contributed by atoms with Gasteiger partial charge in [0.25, 0.3) is 0 Å². The number of nitrogens with two attached hydrogens (primary N) is 2. The number of nitrogen functional groups attached to an aromatic ring is 1. The Morgan fingerprint density at radius 3 is 2.42 bits per heavy atom. The van der Waals surface area contributed by atoms with Crippen molar-refractivity contribution in [3.63, 3.8) is 0 Å². The summed E-state index contributed by atoms with van der Waals surface area (Å²) >= 11 is 0. The Kier molecular flexibility index (Phi) is 3.35. The molecule has 0 heterocycles. The SMILES string of the molecule is N#Cc1cccc(Oc2ccc(C(N)=O)cc2)c1N. The summed E-state index contributed by atoms with van der Waals surface area (Å²) in [4.78, 5) is 10.9. The number of hydrogen-bond acceptors (Lipinski definition) is 4. The van der Waals surface area contributed by atoms with Crippen LogP contribution in [0.15, 0.2) is 42.5 Å². The maximum absolute atomic E-state index is 10.9. The summed E-state index contributed by atoms with van der Waals surface area (Å²) in [7, 11) is 0. The fourth-order valence-corrected chi connectivity index (χ4v) is 1.54. The number of hydrogen-bond donors (Lipinski definition) is 2. The highest BCUT2D eigenvalue weighted by molar-refractivity contribution is 5.92. The molecule has 0 unspecified atom stereocenters. The first kappa shape index (κ1) is 12.5. The molecule has 19 heavy (non-hydrogen) atoms. The van der Waals surface area contributed by atoms with E-state index in [4.69, 9.17) is 21.5 Å². The van der Waals surface area contributed by atoms with Crippen molar-refractivity contribution in [2.75, 3.05) is 5.73 Å². The molecule has 0 radical (unpaired) electrons. The Hall–Kier alpha value is -3.00. The van der Waals surface area contributed by atoms with Gasteiger partial charge < -0.3 is 16.2 Å². The fraction of sp³-hybridized carbons (Fsp3) is 0. The van der Waals surface area contributed by atoms with Gasteiger partial charge in [0.15, 0.2) is 5.75 Å². The van der Waals surface area contributed by atoms with Crippen molar-refractivity contribution in [3.8, 4) is 17.6 Å². The minimum atomic E-state index is -0.502. The first-order chi connectivity index (χ1) is 9.11. The average Bonchev–Trinajstić information content (AvgIpc) is 2.42. The van der Waals surface area contributed by atoms with Gasteiger partial charge >= 0.3 is 0 Å². The Balaban J connectivity index is 2.27. The molecule has 0 aliphatic carbocycles. The van der Waals surface area contributed by atoms with Crippen molar-refractivity contribution in [2.45, 2.75) is 0 Å². The predicted octanol–water partition coefficient (Wildman–Crippen LogP) is 2.03. The molecule has 0 aliphatic heterocycles. The normalized spacial score (nSPS) is 9.63. The summed E-state index contributed by atoms with van der Waals surface area (Å²) in [6.07, 6.45) is 0. The van der Waals surface area contributed by atoms with Crippen LogP contribution in [-0.2, 0) is 0 Å². The van der Waals surface area contributed by atoms with Crippen LogP contribution in [0.1, 0.15) is 15.9 Å². The Labute approximate surface area is 110 Å². The van der Waals surface area contributed by atoms with Crippen molar-refractivity contribution >= 4 is 11.6 Å². The standard InChI is InChI=1S/C14H11N3O2/c15-8-10-2-1-3-12(13(10)16)19-11-6-4-9(5-7-11)14(17)18/h1-7H,16H2,(H2,17,18). The molecule has 2 aromatic rings. The van der Waals surface area contributed by atoms with Gasteiger partial charge in [-0.15, -0.1) is 0 Å². The topological polar surface area (TPSA) is 102 Å². The van der Waals surface area contributed by atoms with E-state index in [9.17, 15) is 4.79 Å². The molecule has 0 spiro atoms. The van der Waals surface area contributed by atoms with Gasteiger partial charge in [-0.2, -0.15) is 5.26 Å². The zero-order valence-corrected chi connectivity index (χ0v) is 9.96. The highest BCUT2D eigenvalue weighted by atomic mass is 16.5. The predicted molar refractivity (Wildman–Crippen MR) is 70.6 cm³/mol. The van der Waals surface area contributed by atoms with Gasteiger partial charge in [-0.1, -0.05) is 6.07 Å². The van der Waals surface area contributed by atoms with E-state index in [-0.39, 0.29) is 5.69 Å². The smallest absolute Gasteiger partial charge is 0.248 e. The maximum Gasteiger partial charge on any atom is 0.248 e. The number of rotatable bonds is 3. The number of ether oxygens (including phenoxy) is 1. The lowest BCUT2D eigenvalue weighted by atomic mass is 10.2. The summed E-state index contributed by atoms with van der Waals surface area (Å²) in [5.74, 6) is 0.398. The van der Waals surface area contributed by atoms with Crippen LogP contribution >= 0.6 is 0 Å². The van der Waals surface area contributed by atoms with Gasteiger partial charge in [0.2, 0.25) is 5.91 Å². The van der Waals surface area contributed by atoms with Crippen LogP contribution in [0, 0.1) is 11.3 Å². The molecule has 94 valence electrons. The Bertz CT molecular complexity index is 657. The van der Waals surface area contributed by atoms with Gasteiger partial charge in [-0.3, -0.25) is 4.79 Å². The average molecular weight is 253 g/mol. The Morgan fingerprint density at radius 2 is 1.84 bits per heavy atom. The maximum atomic E-state index is 10.9. The van der Waals surface area contributed by atoms with Crippen LogP contribution in [0.5, 0.6) is 11.5 Å². The van der Waals surface area contributed by atoms with E-state index in [0.717, 1.165) is 0 Å². The second-order valence-electron chi connectivity index (χ2n) is 3.82. The lowest BCUT2D eigenvalue weighted by Gasteiger charge is -2.09. The molecule has 0 saturated carbocycles. The lowest BCUT2D eigenvalue weighted by Crippen LogP contribution is -2.10. The quantitative estimate of drug-likeness (QED) is 0.817. The van der Waals surface area contributed by atoms with E-state index >= 15 is 0 Å². The molecule has 0 bridgehead atoms. The molecule has 2 rings (SSSR count). The van der Waals surface area contributed by atoms with Gasteiger partial charge in [-0.05, 0) is 36.4 Å². The number of para-hydroxylation sites is 1. The minimum Gasteiger partial charge on any atom is -0.455 e. The van der Waals surface area contributed by atoms with E-state index < -0.39 is 5.91 Å². The molecule has 1 amide bonds. The van der Waals surface area contributed by atoms with Gasteiger partial charge in [0, 0.05) is 5.56 Å². The second kappa shape index (κ2) is 5.10. The number of carbonyl (C=O) groups excluding carboxylic acids is 1. The van der Waals surface area contributed by atoms with E-state index in [1.165, 1.54) is 0 Å². The first-order valence-electron chi connectivity index (χ1n) is 5.48. The highest BCUT2D eigenvalue weighted by Crippen LogP contribution is 2.29. The third-order valence-electron chi connectivity index (χ3n) is 2.55. The van der Waals surface area contributed by atoms with Crippen LogP contribution in [0.2, 0.25) is 0 Å².